The number of aromatic nitrogens is 1. The van der Waals surface area contributed by atoms with E-state index in [4.69, 9.17) is 14.2 Å². The monoisotopic (exact) mass is 437 g/mol. The Morgan fingerprint density at radius 2 is 1.97 bits per heavy atom. The van der Waals surface area contributed by atoms with Gasteiger partial charge in [-0.25, -0.2) is 0 Å². The molecular formula is C24H27N3O5. The van der Waals surface area contributed by atoms with Gasteiger partial charge in [-0.15, -0.1) is 0 Å². The molecule has 1 saturated carbocycles. The summed E-state index contributed by atoms with van der Waals surface area (Å²) in [5, 5.41) is 12.5. The van der Waals surface area contributed by atoms with Crippen LogP contribution in [0.1, 0.15) is 60.5 Å². The largest absolute Gasteiger partial charge is 0.456 e. The summed E-state index contributed by atoms with van der Waals surface area (Å²) in [6.07, 6.45) is 4.94. The van der Waals surface area contributed by atoms with Gasteiger partial charge in [-0.05, 0) is 56.4 Å². The van der Waals surface area contributed by atoms with E-state index in [1.165, 1.54) is 0 Å². The molecule has 1 amide bonds. The third-order valence-electron chi connectivity index (χ3n) is 6.24. The van der Waals surface area contributed by atoms with Crippen molar-refractivity contribution in [2.24, 2.45) is 0 Å². The number of hydrogen-bond donors (Lipinski definition) is 1. The maximum Gasteiger partial charge on any atom is 0.306 e. The molecule has 0 bridgehead atoms. The number of esters is 1. The number of benzene rings is 1. The summed E-state index contributed by atoms with van der Waals surface area (Å²) in [5.41, 5.74) is 3.26. The standard InChI is InChI=1S/C24H27N3O5/c1-15-16(2)27(18-5-3-4-6-18)24(19(15)12-25)26-22(28)13-30-23(29)10-8-17-7-9-20-21(11-17)32-14-31-20/h7,9,11,18H,3-6,8,10,13-14H2,1-2H3,(H,26,28). The zero-order valence-electron chi connectivity index (χ0n) is 18.4. The Morgan fingerprint density at radius 3 is 2.72 bits per heavy atom. The van der Waals surface area contributed by atoms with Crippen molar-refractivity contribution < 1.29 is 23.8 Å². The van der Waals surface area contributed by atoms with Crippen LogP contribution < -0.4 is 14.8 Å². The molecular weight excluding hydrogens is 410 g/mol. The summed E-state index contributed by atoms with van der Waals surface area (Å²) in [4.78, 5) is 24.7. The molecule has 0 saturated heterocycles. The molecule has 1 aliphatic carbocycles. The smallest absolute Gasteiger partial charge is 0.306 e. The van der Waals surface area contributed by atoms with Gasteiger partial charge < -0.3 is 24.1 Å². The summed E-state index contributed by atoms with van der Waals surface area (Å²) < 4.78 is 17.9. The second-order valence-electron chi connectivity index (χ2n) is 8.25. The topological polar surface area (TPSA) is 103 Å². The van der Waals surface area contributed by atoms with E-state index in [-0.39, 0.29) is 19.3 Å². The second-order valence-corrected chi connectivity index (χ2v) is 8.25. The van der Waals surface area contributed by atoms with E-state index in [1.54, 1.807) is 0 Å². The summed E-state index contributed by atoms with van der Waals surface area (Å²) >= 11 is 0. The quantitative estimate of drug-likeness (QED) is 0.659. The summed E-state index contributed by atoms with van der Waals surface area (Å²) in [6, 6.07) is 8.01. The Bertz CT molecular complexity index is 1080. The third-order valence-corrected chi connectivity index (χ3v) is 6.24. The number of carbonyl (C=O) groups excluding carboxylic acids is 2. The number of carbonyl (C=O) groups is 2. The molecule has 0 unspecified atom stereocenters. The molecule has 8 heteroatoms. The van der Waals surface area contributed by atoms with Gasteiger partial charge in [-0.3, -0.25) is 9.59 Å². The van der Waals surface area contributed by atoms with E-state index < -0.39 is 18.5 Å². The van der Waals surface area contributed by atoms with Crippen LogP contribution in [0.25, 0.3) is 0 Å². The first-order valence-corrected chi connectivity index (χ1v) is 10.9. The molecule has 8 nitrogen and oxygen atoms in total. The van der Waals surface area contributed by atoms with Crippen molar-refractivity contribution in [3.05, 3.63) is 40.6 Å². The molecule has 168 valence electrons. The van der Waals surface area contributed by atoms with Crippen molar-refractivity contribution in [3.8, 4) is 17.6 Å². The minimum absolute atomic E-state index is 0.146. The van der Waals surface area contributed by atoms with Gasteiger partial charge in [0.15, 0.2) is 18.1 Å². The van der Waals surface area contributed by atoms with Crippen molar-refractivity contribution >= 4 is 17.7 Å². The molecule has 1 aromatic carbocycles. The van der Waals surface area contributed by atoms with Crippen LogP contribution in [0.15, 0.2) is 18.2 Å². The molecule has 2 aliphatic rings. The fourth-order valence-electron chi connectivity index (χ4n) is 4.43. The number of rotatable bonds is 7. The zero-order valence-corrected chi connectivity index (χ0v) is 18.4. The van der Waals surface area contributed by atoms with Gasteiger partial charge in [0.1, 0.15) is 11.9 Å². The Kier molecular flexibility index (Phi) is 6.35. The van der Waals surface area contributed by atoms with E-state index in [1.807, 2.05) is 32.0 Å². The van der Waals surface area contributed by atoms with Crippen molar-refractivity contribution in [2.75, 3.05) is 18.7 Å². The maximum absolute atomic E-state index is 12.5. The average Bonchev–Trinajstić information content (AvgIpc) is 3.52. The number of nitrogens with one attached hydrogen (secondary N) is 1. The molecule has 0 radical (unpaired) electrons. The van der Waals surface area contributed by atoms with Crippen LogP contribution in [0.2, 0.25) is 0 Å². The molecule has 4 rings (SSSR count). The molecule has 1 aliphatic heterocycles. The van der Waals surface area contributed by atoms with E-state index in [0.717, 1.165) is 42.5 Å². The van der Waals surface area contributed by atoms with Gasteiger partial charge in [0.2, 0.25) is 6.79 Å². The zero-order chi connectivity index (χ0) is 22.7. The Morgan fingerprint density at radius 1 is 1.22 bits per heavy atom. The van der Waals surface area contributed by atoms with Crippen molar-refractivity contribution in [1.29, 1.82) is 5.26 Å². The highest BCUT2D eigenvalue weighted by Gasteiger charge is 2.27. The van der Waals surface area contributed by atoms with Crippen LogP contribution in [0.5, 0.6) is 11.5 Å². The molecule has 2 heterocycles. The molecule has 1 fully saturated rings. The maximum atomic E-state index is 12.5. The summed E-state index contributed by atoms with van der Waals surface area (Å²) in [5.74, 6) is 0.958. The van der Waals surface area contributed by atoms with E-state index in [0.29, 0.717) is 29.3 Å². The highest BCUT2D eigenvalue weighted by molar-refractivity contribution is 5.93. The van der Waals surface area contributed by atoms with E-state index in [9.17, 15) is 14.9 Å². The molecule has 1 aromatic heterocycles. The first kappa shape index (κ1) is 21.8. The number of ether oxygens (including phenoxy) is 3. The Hall–Kier alpha value is -3.47. The third kappa shape index (κ3) is 4.42. The fourth-order valence-corrected chi connectivity index (χ4v) is 4.43. The van der Waals surface area contributed by atoms with Gasteiger partial charge in [-0.2, -0.15) is 5.26 Å². The van der Waals surface area contributed by atoms with Crippen molar-refractivity contribution in [1.82, 2.24) is 4.57 Å². The lowest BCUT2D eigenvalue weighted by atomic mass is 10.1. The minimum atomic E-state index is -0.461. The minimum Gasteiger partial charge on any atom is -0.456 e. The lowest BCUT2D eigenvalue weighted by Crippen LogP contribution is -2.24. The fraction of sp³-hybridized carbons (Fsp3) is 0.458. The normalized spacial score (nSPS) is 14.9. The molecule has 1 N–H and O–H groups in total. The Labute approximate surface area is 187 Å². The van der Waals surface area contributed by atoms with Crippen molar-refractivity contribution in [2.45, 2.75) is 58.4 Å². The van der Waals surface area contributed by atoms with Crippen LogP contribution in [0.4, 0.5) is 5.82 Å². The number of anilines is 1. The predicted octanol–water partition coefficient (Wildman–Crippen LogP) is 3.93. The van der Waals surface area contributed by atoms with Crippen LogP contribution in [-0.4, -0.2) is 29.8 Å². The van der Waals surface area contributed by atoms with E-state index >= 15 is 0 Å². The highest BCUT2D eigenvalue weighted by Crippen LogP contribution is 2.37. The second kappa shape index (κ2) is 9.35. The average molecular weight is 437 g/mol. The molecule has 0 atom stereocenters. The molecule has 0 spiro atoms. The van der Waals surface area contributed by atoms with Crippen LogP contribution in [0.3, 0.4) is 0 Å². The first-order chi connectivity index (χ1) is 15.5. The van der Waals surface area contributed by atoms with E-state index in [2.05, 4.69) is 16.0 Å². The van der Waals surface area contributed by atoms with Crippen LogP contribution in [-0.2, 0) is 20.7 Å². The predicted molar refractivity (Wildman–Crippen MR) is 117 cm³/mol. The van der Waals surface area contributed by atoms with Crippen molar-refractivity contribution in [3.63, 3.8) is 0 Å². The number of aryl methyl sites for hydroxylation is 1. The van der Waals surface area contributed by atoms with Crippen LogP contribution >= 0.6 is 0 Å². The Balaban J connectivity index is 1.33. The lowest BCUT2D eigenvalue weighted by molar-refractivity contribution is -0.147. The number of nitriles is 1. The lowest BCUT2D eigenvalue weighted by Gasteiger charge is -2.19. The van der Waals surface area contributed by atoms with Gasteiger partial charge in [0.25, 0.3) is 5.91 Å². The summed E-state index contributed by atoms with van der Waals surface area (Å²) in [7, 11) is 0. The number of fused-ring (bicyclic) bond motifs is 1. The molecule has 32 heavy (non-hydrogen) atoms. The van der Waals surface area contributed by atoms with Gasteiger partial charge in [-0.1, -0.05) is 18.9 Å². The highest BCUT2D eigenvalue weighted by atomic mass is 16.7. The molecule has 2 aromatic rings. The number of amides is 1. The van der Waals surface area contributed by atoms with Crippen LogP contribution in [0, 0.1) is 25.2 Å². The van der Waals surface area contributed by atoms with Gasteiger partial charge >= 0.3 is 5.97 Å². The van der Waals surface area contributed by atoms with Gasteiger partial charge in [0, 0.05) is 18.2 Å². The van der Waals surface area contributed by atoms with Gasteiger partial charge in [0.05, 0.1) is 5.56 Å². The first-order valence-electron chi connectivity index (χ1n) is 10.9. The number of nitrogens with zero attached hydrogens (tertiary/aromatic N) is 2. The number of hydrogen-bond acceptors (Lipinski definition) is 6. The SMILES string of the molecule is Cc1c(C#N)c(NC(=O)COC(=O)CCc2ccc3c(c2)OCO3)n(C2CCCC2)c1C. The summed E-state index contributed by atoms with van der Waals surface area (Å²) in [6.45, 7) is 3.68.